The third-order valence-electron chi connectivity index (χ3n) is 3.12. The fraction of sp³-hybridized carbons (Fsp3) is 0.417. The molecule has 3 rings (SSSR count). The summed E-state index contributed by atoms with van der Waals surface area (Å²) >= 11 is 1.75. The highest BCUT2D eigenvalue weighted by atomic mass is 32.1. The molecule has 2 aromatic heterocycles. The van der Waals surface area contributed by atoms with E-state index in [0.29, 0.717) is 5.92 Å². The Hall–Kier alpha value is -1.13. The molecule has 3 nitrogen and oxygen atoms in total. The molecular formula is C12H15N3S. The van der Waals surface area contributed by atoms with Gasteiger partial charge in [-0.1, -0.05) is 0 Å². The van der Waals surface area contributed by atoms with E-state index in [4.69, 9.17) is 4.98 Å². The van der Waals surface area contributed by atoms with E-state index in [2.05, 4.69) is 21.7 Å². The molecule has 4 heteroatoms. The predicted molar refractivity (Wildman–Crippen MR) is 66.7 cm³/mol. The molecule has 1 fully saturated rings. The third kappa shape index (κ3) is 1.90. The van der Waals surface area contributed by atoms with Crippen molar-refractivity contribution in [3.05, 3.63) is 29.5 Å². The topological polar surface area (TPSA) is 40.7 Å². The van der Waals surface area contributed by atoms with E-state index in [-0.39, 0.29) is 0 Å². The summed E-state index contributed by atoms with van der Waals surface area (Å²) in [7, 11) is 0. The lowest BCUT2D eigenvalue weighted by Gasteiger charge is -2.20. The number of aromatic amines is 1. The van der Waals surface area contributed by atoms with Gasteiger partial charge in [0.1, 0.15) is 5.01 Å². The normalized spacial score (nSPS) is 17.8. The molecule has 0 radical (unpaired) electrons. The van der Waals surface area contributed by atoms with Crippen molar-refractivity contribution in [3.8, 4) is 10.6 Å². The summed E-state index contributed by atoms with van der Waals surface area (Å²) in [5, 5.41) is 6.74. The van der Waals surface area contributed by atoms with Gasteiger partial charge in [-0.2, -0.15) is 0 Å². The summed E-state index contributed by atoms with van der Waals surface area (Å²) in [6.07, 6.45) is 6.39. The first-order valence-corrected chi connectivity index (χ1v) is 6.61. The van der Waals surface area contributed by atoms with Crippen molar-refractivity contribution in [3.63, 3.8) is 0 Å². The van der Waals surface area contributed by atoms with Crippen LogP contribution in [0.1, 0.15) is 24.5 Å². The monoisotopic (exact) mass is 233 g/mol. The lowest BCUT2D eigenvalue weighted by atomic mass is 9.95. The first-order chi connectivity index (χ1) is 7.93. The largest absolute Gasteiger partial charge is 0.367 e. The van der Waals surface area contributed by atoms with Gasteiger partial charge < -0.3 is 10.3 Å². The molecule has 3 heterocycles. The van der Waals surface area contributed by atoms with Gasteiger partial charge in [-0.15, -0.1) is 11.3 Å². The van der Waals surface area contributed by atoms with Gasteiger partial charge in [0.05, 0.1) is 5.69 Å². The van der Waals surface area contributed by atoms with Crippen LogP contribution in [0.2, 0.25) is 0 Å². The highest BCUT2D eigenvalue weighted by Gasteiger charge is 2.18. The van der Waals surface area contributed by atoms with Gasteiger partial charge in [0, 0.05) is 29.3 Å². The molecular weight excluding hydrogens is 218 g/mol. The van der Waals surface area contributed by atoms with Crippen molar-refractivity contribution in [2.24, 2.45) is 0 Å². The van der Waals surface area contributed by atoms with Crippen LogP contribution in [0.5, 0.6) is 0 Å². The number of nitrogens with one attached hydrogen (secondary N) is 2. The Bertz CT molecular complexity index is 441. The van der Waals surface area contributed by atoms with E-state index < -0.39 is 0 Å². The van der Waals surface area contributed by atoms with E-state index in [9.17, 15) is 0 Å². The van der Waals surface area contributed by atoms with Crippen molar-refractivity contribution in [1.29, 1.82) is 0 Å². The Kier molecular flexibility index (Phi) is 2.76. The predicted octanol–water partition coefficient (Wildman–Crippen LogP) is 2.61. The fourth-order valence-corrected chi connectivity index (χ4v) is 3.08. The minimum atomic E-state index is 0.658. The number of rotatable bonds is 2. The Morgan fingerprint density at radius 1 is 1.31 bits per heavy atom. The SMILES string of the molecule is c1cc(-c2nc(C3CCNCC3)cs2)c[nH]1. The Morgan fingerprint density at radius 2 is 2.19 bits per heavy atom. The standard InChI is InChI=1S/C12H15N3S/c1-4-13-5-2-9(1)11-8-16-12(15-11)10-3-6-14-7-10/h3,6-9,13-14H,1-2,4-5H2. The molecule has 0 bridgehead atoms. The Morgan fingerprint density at radius 3 is 2.94 bits per heavy atom. The van der Waals surface area contributed by atoms with Crippen LogP contribution in [0.25, 0.3) is 10.6 Å². The molecule has 1 aliphatic rings. The van der Waals surface area contributed by atoms with Crippen LogP contribution < -0.4 is 5.32 Å². The van der Waals surface area contributed by atoms with Crippen molar-refractivity contribution < 1.29 is 0 Å². The van der Waals surface area contributed by atoms with Crippen LogP contribution in [0, 0.1) is 0 Å². The van der Waals surface area contributed by atoms with E-state index in [0.717, 1.165) is 18.1 Å². The zero-order valence-electron chi connectivity index (χ0n) is 9.07. The van der Waals surface area contributed by atoms with Crippen molar-refractivity contribution in [2.75, 3.05) is 13.1 Å². The second kappa shape index (κ2) is 4.39. The number of nitrogens with zero attached hydrogens (tertiary/aromatic N) is 1. The van der Waals surface area contributed by atoms with Crippen LogP contribution >= 0.6 is 11.3 Å². The minimum Gasteiger partial charge on any atom is -0.367 e. The molecule has 1 aliphatic heterocycles. The van der Waals surface area contributed by atoms with Crippen LogP contribution in [-0.4, -0.2) is 23.1 Å². The van der Waals surface area contributed by atoms with E-state index in [1.54, 1.807) is 11.3 Å². The summed E-state index contributed by atoms with van der Waals surface area (Å²) in [5.41, 5.74) is 2.48. The van der Waals surface area contributed by atoms with E-state index >= 15 is 0 Å². The molecule has 0 amide bonds. The maximum atomic E-state index is 4.75. The molecule has 0 unspecified atom stereocenters. The molecule has 1 saturated heterocycles. The number of thiazole rings is 1. The van der Waals surface area contributed by atoms with Crippen molar-refractivity contribution in [2.45, 2.75) is 18.8 Å². The van der Waals surface area contributed by atoms with Gasteiger partial charge in [-0.25, -0.2) is 4.98 Å². The number of H-pyrrole nitrogens is 1. The first-order valence-electron chi connectivity index (χ1n) is 5.73. The maximum absolute atomic E-state index is 4.75. The molecule has 2 aromatic rings. The lowest BCUT2D eigenvalue weighted by molar-refractivity contribution is 0.455. The molecule has 0 spiro atoms. The second-order valence-electron chi connectivity index (χ2n) is 4.20. The quantitative estimate of drug-likeness (QED) is 0.837. The molecule has 0 atom stereocenters. The zero-order chi connectivity index (χ0) is 10.8. The number of piperidine rings is 1. The van der Waals surface area contributed by atoms with Crippen molar-refractivity contribution in [1.82, 2.24) is 15.3 Å². The van der Waals surface area contributed by atoms with Crippen LogP contribution in [-0.2, 0) is 0 Å². The van der Waals surface area contributed by atoms with Crippen LogP contribution in [0.3, 0.4) is 0 Å². The smallest absolute Gasteiger partial charge is 0.125 e. The highest BCUT2D eigenvalue weighted by molar-refractivity contribution is 7.13. The van der Waals surface area contributed by atoms with Crippen LogP contribution in [0.4, 0.5) is 0 Å². The third-order valence-corrected chi connectivity index (χ3v) is 4.03. The first kappa shape index (κ1) is 10.1. The lowest BCUT2D eigenvalue weighted by Crippen LogP contribution is -2.26. The molecule has 84 valence electrons. The molecule has 0 saturated carbocycles. The molecule has 16 heavy (non-hydrogen) atoms. The molecule has 0 aliphatic carbocycles. The van der Waals surface area contributed by atoms with Gasteiger partial charge in [-0.3, -0.25) is 0 Å². The average Bonchev–Trinajstić information content (AvgIpc) is 3.01. The van der Waals surface area contributed by atoms with Gasteiger partial charge in [0.2, 0.25) is 0 Å². The van der Waals surface area contributed by atoms with Gasteiger partial charge in [0.25, 0.3) is 0 Å². The van der Waals surface area contributed by atoms with Crippen molar-refractivity contribution >= 4 is 11.3 Å². The highest BCUT2D eigenvalue weighted by Crippen LogP contribution is 2.30. The maximum Gasteiger partial charge on any atom is 0.125 e. The number of hydrogen-bond donors (Lipinski definition) is 2. The van der Waals surface area contributed by atoms with Crippen LogP contribution in [0.15, 0.2) is 23.8 Å². The average molecular weight is 233 g/mol. The molecule has 2 N–H and O–H groups in total. The summed E-state index contributed by atoms with van der Waals surface area (Å²) < 4.78 is 0. The number of aromatic nitrogens is 2. The summed E-state index contributed by atoms with van der Waals surface area (Å²) in [6, 6.07) is 2.07. The van der Waals surface area contributed by atoms with E-state index in [1.165, 1.54) is 24.1 Å². The Balaban J connectivity index is 1.82. The van der Waals surface area contributed by atoms with Gasteiger partial charge in [0.15, 0.2) is 0 Å². The Labute approximate surface area is 98.9 Å². The van der Waals surface area contributed by atoms with Gasteiger partial charge in [-0.05, 0) is 32.0 Å². The second-order valence-corrected chi connectivity index (χ2v) is 5.06. The summed E-state index contributed by atoms with van der Waals surface area (Å²) in [5.74, 6) is 0.658. The number of hydrogen-bond acceptors (Lipinski definition) is 3. The summed E-state index contributed by atoms with van der Waals surface area (Å²) in [4.78, 5) is 7.82. The molecule has 0 aromatic carbocycles. The van der Waals surface area contributed by atoms with Gasteiger partial charge >= 0.3 is 0 Å². The fourth-order valence-electron chi connectivity index (χ4n) is 2.18. The zero-order valence-corrected chi connectivity index (χ0v) is 9.89. The summed E-state index contributed by atoms with van der Waals surface area (Å²) in [6.45, 7) is 2.25. The van der Waals surface area contributed by atoms with E-state index in [1.807, 2.05) is 12.4 Å². The minimum absolute atomic E-state index is 0.658.